The van der Waals surface area contributed by atoms with Crippen LogP contribution >= 0.6 is 0 Å². The van der Waals surface area contributed by atoms with Gasteiger partial charge in [0, 0.05) is 12.2 Å². The van der Waals surface area contributed by atoms with Crippen molar-refractivity contribution in [3.05, 3.63) is 42.0 Å². The molecule has 0 heterocycles. The average Bonchev–Trinajstić information content (AvgIpc) is 2.26. The summed E-state index contributed by atoms with van der Waals surface area (Å²) in [7, 11) is 0. The Labute approximate surface area is 86.8 Å². The van der Waals surface area contributed by atoms with Crippen LogP contribution in [0.2, 0.25) is 0 Å². The van der Waals surface area contributed by atoms with Crippen LogP contribution in [0.1, 0.15) is 25.8 Å². The fourth-order valence-electron chi connectivity index (χ4n) is 1.25. The van der Waals surface area contributed by atoms with Crippen LogP contribution in [0.25, 0.3) is 0 Å². The fourth-order valence-corrected chi connectivity index (χ4v) is 1.25. The highest BCUT2D eigenvalue weighted by atomic mass is 14.9. The van der Waals surface area contributed by atoms with Gasteiger partial charge < -0.3 is 5.32 Å². The van der Waals surface area contributed by atoms with Crippen LogP contribution in [-0.4, -0.2) is 6.54 Å². The van der Waals surface area contributed by atoms with Gasteiger partial charge in [-0.25, -0.2) is 0 Å². The second kappa shape index (κ2) is 5.48. The molecular formula is C13H19N. The van der Waals surface area contributed by atoms with Gasteiger partial charge in [-0.15, -0.1) is 0 Å². The van der Waals surface area contributed by atoms with E-state index >= 15 is 0 Å². The van der Waals surface area contributed by atoms with Gasteiger partial charge in [0.1, 0.15) is 0 Å². The molecular weight excluding hydrogens is 170 g/mol. The minimum atomic E-state index is 0.879. The van der Waals surface area contributed by atoms with E-state index in [9.17, 15) is 0 Å². The summed E-state index contributed by atoms with van der Waals surface area (Å²) in [6, 6.07) is 8.54. The molecule has 0 saturated carbocycles. The molecule has 0 aliphatic carbocycles. The summed E-state index contributed by atoms with van der Waals surface area (Å²) >= 11 is 0. The topological polar surface area (TPSA) is 12.0 Å². The van der Waals surface area contributed by atoms with Crippen LogP contribution in [0.15, 0.2) is 36.4 Å². The van der Waals surface area contributed by atoms with Crippen molar-refractivity contribution in [1.29, 1.82) is 0 Å². The molecule has 0 aliphatic rings. The van der Waals surface area contributed by atoms with E-state index in [4.69, 9.17) is 0 Å². The summed E-state index contributed by atoms with van der Waals surface area (Å²) in [6.07, 6.45) is 2.13. The zero-order valence-corrected chi connectivity index (χ0v) is 9.14. The SMILES string of the molecule is C=C(CC)CNc1cccc(CC)c1. The lowest BCUT2D eigenvalue weighted by molar-refractivity contribution is 1.05. The van der Waals surface area contributed by atoms with Crippen molar-refractivity contribution >= 4 is 5.69 Å². The zero-order valence-electron chi connectivity index (χ0n) is 9.14. The minimum absolute atomic E-state index is 0.879. The maximum Gasteiger partial charge on any atom is 0.0357 e. The van der Waals surface area contributed by atoms with Gasteiger partial charge in [0.15, 0.2) is 0 Å². The zero-order chi connectivity index (χ0) is 10.4. The molecule has 0 fully saturated rings. The number of rotatable bonds is 5. The van der Waals surface area contributed by atoms with Crippen LogP contribution in [0.5, 0.6) is 0 Å². The molecule has 1 aromatic carbocycles. The third-order valence-corrected chi connectivity index (χ3v) is 2.38. The van der Waals surface area contributed by atoms with Gasteiger partial charge in [0.25, 0.3) is 0 Å². The molecule has 0 saturated heterocycles. The summed E-state index contributed by atoms with van der Waals surface area (Å²) in [5, 5.41) is 3.37. The van der Waals surface area contributed by atoms with Crippen LogP contribution in [0, 0.1) is 0 Å². The van der Waals surface area contributed by atoms with Crippen molar-refractivity contribution < 1.29 is 0 Å². The molecule has 1 nitrogen and oxygen atoms in total. The standard InChI is InChI=1S/C13H19N/c1-4-11(3)10-14-13-8-6-7-12(5-2)9-13/h6-9,14H,3-5,10H2,1-2H3. The summed E-state index contributed by atoms with van der Waals surface area (Å²) in [5.74, 6) is 0. The highest BCUT2D eigenvalue weighted by Crippen LogP contribution is 2.11. The van der Waals surface area contributed by atoms with Gasteiger partial charge in [-0.3, -0.25) is 0 Å². The van der Waals surface area contributed by atoms with Crippen molar-refractivity contribution in [1.82, 2.24) is 0 Å². The molecule has 0 spiro atoms. The van der Waals surface area contributed by atoms with Crippen molar-refractivity contribution in [3.63, 3.8) is 0 Å². The van der Waals surface area contributed by atoms with Crippen LogP contribution < -0.4 is 5.32 Å². The van der Waals surface area contributed by atoms with E-state index < -0.39 is 0 Å². The maximum atomic E-state index is 3.97. The van der Waals surface area contributed by atoms with Crippen molar-refractivity contribution in [2.45, 2.75) is 26.7 Å². The molecule has 1 rings (SSSR count). The van der Waals surface area contributed by atoms with E-state index in [1.807, 2.05) is 0 Å². The molecule has 0 aromatic heterocycles. The first-order valence-corrected chi connectivity index (χ1v) is 5.25. The first-order chi connectivity index (χ1) is 6.76. The summed E-state index contributed by atoms with van der Waals surface area (Å²) in [4.78, 5) is 0. The van der Waals surface area contributed by atoms with Crippen LogP contribution in [-0.2, 0) is 6.42 Å². The van der Waals surface area contributed by atoms with Gasteiger partial charge in [-0.05, 0) is 30.5 Å². The van der Waals surface area contributed by atoms with Gasteiger partial charge >= 0.3 is 0 Å². The summed E-state index contributed by atoms with van der Waals surface area (Å²) in [6.45, 7) is 9.15. The van der Waals surface area contributed by atoms with Crippen molar-refractivity contribution in [3.8, 4) is 0 Å². The molecule has 0 amide bonds. The van der Waals surface area contributed by atoms with Crippen LogP contribution in [0.4, 0.5) is 5.69 Å². The second-order valence-corrected chi connectivity index (χ2v) is 3.51. The molecule has 76 valence electrons. The van der Waals surface area contributed by atoms with E-state index in [1.165, 1.54) is 16.8 Å². The predicted octanol–water partition coefficient (Wildman–Crippen LogP) is 3.63. The Morgan fingerprint density at radius 1 is 1.36 bits per heavy atom. The largest absolute Gasteiger partial charge is 0.381 e. The third-order valence-electron chi connectivity index (χ3n) is 2.38. The van der Waals surface area contributed by atoms with Gasteiger partial charge in [-0.1, -0.05) is 38.1 Å². The highest BCUT2D eigenvalue weighted by molar-refractivity contribution is 5.46. The first-order valence-electron chi connectivity index (χ1n) is 5.25. The Morgan fingerprint density at radius 3 is 2.79 bits per heavy atom. The molecule has 0 unspecified atom stereocenters. The fraction of sp³-hybridized carbons (Fsp3) is 0.385. The Bertz CT molecular complexity index is 302. The number of anilines is 1. The highest BCUT2D eigenvalue weighted by Gasteiger charge is 1.94. The number of hydrogen-bond acceptors (Lipinski definition) is 1. The number of nitrogens with one attached hydrogen (secondary N) is 1. The lowest BCUT2D eigenvalue weighted by Crippen LogP contribution is -2.03. The molecule has 1 N–H and O–H groups in total. The molecule has 0 atom stereocenters. The molecule has 0 bridgehead atoms. The normalized spacial score (nSPS) is 9.86. The number of hydrogen-bond donors (Lipinski definition) is 1. The molecule has 1 heteroatoms. The van der Waals surface area contributed by atoms with E-state index in [0.29, 0.717) is 0 Å². The maximum absolute atomic E-state index is 3.97. The Balaban J connectivity index is 2.54. The Kier molecular flexibility index (Phi) is 4.24. The first kappa shape index (κ1) is 10.8. The van der Waals surface area contributed by atoms with Crippen LogP contribution in [0.3, 0.4) is 0 Å². The van der Waals surface area contributed by atoms with E-state index in [-0.39, 0.29) is 0 Å². The molecule has 14 heavy (non-hydrogen) atoms. The van der Waals surface area contributed by atoms with Crippen molar-refractivity contribution in [2.24, 2.45) is 0 Å². The predicted molar refractivity (Wildman–Crippen MR) is 63.7 cm³/mol. The lowest BCUT2D eigenvalue weighted by atomic mass is 10.1. The number of aryl methyl sites for hydroxylation is 1. The van der Waals surface area contributed by atoms with E-state index in [1.54, 1.807) is 0 Å². The van der Waals surface area contributed by atoms with Crippen molar-refractivity contribution in [2.75, 3.05) is 11.9 Å². The van der Waals surface area contributed by atoms with Gasteiger partial charge in [0.05, 0.1) is 0 Å². The summed E-state index contributed by atoms with van der Waals surface area (Å²) in [5.41, 5.74) is 3.81. The van der Waals surface area contributed by atoms with Gasteiger partial charge in [0.2, 0.25) is 0 Å². The third kappa shape index (κ3) is 3.25. The average molecular weight is 189 g/mol. The Hall–Kier alpha value is -1.24. The molecule has 0 aliphatic heterocycles. The summed E-state index contributed by atoms with van der Waals surface area (Å²) < 4.78 is 0. The quantitative estimate of drug-likeness (QED) is 0.697. The number of benzene rings is 1. The molecule has 0 radical (unpaired) electrons. The lowest BCUT2D eigenvalue weighted by Gasteiger charge is -2.08. The minimum Gasteiger partial charge on any atom is -0.381 e. The van der Waals surface area contributed by atoms with E-state index in [0.717, 1.165) is 19.4 Å². The van der Waals surface area contributed by atoms with Gasteiger partial charge in [-0.2, -0.15) is 0 Å². The molecule has 1 aromatic rings. The Morgan fingerprint density at radius 2 is 2.14 bits per heavy atom. The second-order valence-electron chi connectivity index (χ2n) is 3.51. The van der Waals surface area contributed by atoms with E-state index in [2.05, 4.69) is 50.0 Å². The monoisotopic (exact) mass is 189 g/mol. The smallest absolute Gasteiger partial charge is 0.0357 e.